The van der Waals surface area contributed by atoms with E-state index in [1.54, 1.807) is 42.8 Å². The number of aryl methyl sites for hydroxylation is 1. The zero-order valence-electron chi connectivity index (χ0n) is 85.6. The van der Waals surface area contributed by atoms with Crippen LogP contribution >= 0.6 is 0 Å². The molecule has 3 saturated heterocycles. The summed E-state index contributed by atoms with van der Waals surface area (Å²) in [6.07, 6.45) is 19.4. The maximum atomic E-state index is 15.6. The zero-order valence-corrected chi connectivity index (χ0v) is 85.6. The number of hydrogen-bond acceptors (Lipinski definition) is 28. The normalized spacial score (nSPS) is 18.9. The van der Waals surface area contributed by atoms with Gasteiger partial charge in [0, 0.05) is 120 Å². The number of carbonyl (C=O) groups excluding carboxylic acids is 16. The van der Waals surface area contributed by atoms with Gasteiger partial charge in [-0.2, -0.15) is 0 Å². The number of likely N-dealkylation sites (tertiary alicyclic amines) is 2. The highest BCUT2D eigenvalue weighted by molar-refractivity contribution is 6.01. The Morgan fingerprint density at radius 2 is 1.13 bits per heavy atom. The van der Waals surface area contributed by atoms with Crippen LogP contribution in [0.4, 0.5) is 0 Å². The second-order valence-electron chi connectivity index (χ2n) is 38.0. The SMILES string of the molecule is CC(=O)N[C@H]1CCCCC(=O)CC[C@@H](C(=O)N2CCC[C@H]2C(=O)N2CCC[C@H]2C(=O)N[C@@H](CCCNC(=N)N)C(=O)N[C@@H](CC(=O)O)C(=O)N[C@@H](CCCCN(CC(=O)O)CC(=O)O)C(=O)N[C@@H](CCCCNC(=O)COCCOCCNC(=O)CCCCCCCCCCCCCCCc2nnn[nH]2)C(N)=O)NC(=O)[C@H](Cc2c[nH]c3ccccc23)NC(=O)[C@H](CCCNC(=N)N)NC(=O)CNC(=O)[C@H](CC2=CCC=N2)NC1=O. The van der Waals surface area contributed by atoms with E-state index in [0.29, 0.717) is 41.5 Å². The number of primary amides is 1. The number of aliphatic imine (C=N–C) groups is 1. The number of allylic oxidation sites excluding steroid dienone is 1. The third-order valence-electron chi connectivity index (χ3n) is 25.9. The summed E-state index contributed by atoms with van der Waals surface area (Å²) in [6, 6.07) is -9.71. The minimum atomic E-state index is -2.05. The molecule has 3 aromatic rings. The van der Waals surface area contributed by atoms with E-state index < -0.39 is 211 Å². The van der Waals surface area contributed by atoms with Gasteiger partial charge in [-0.1, -0.05) is 101 Å². The number of ether oxygens (including phenoxy) is 2. The molecule has 3 fully saturated rings. The molecule has 52 nitrogen and oxygen atoms in total. The van der Waals surface area contributed by atoms with E-state index in [4.69, 9.17) is 37.5 Å². The number of ketones is 1. The Kier molecular flexibility index (Phi) is 56.0. The molecule has 15 amide bonds. The van der Waals surface area contributed by atoms with Gasteiger partial charge in [0.05, 0.1) is 45.9 Å². The van der Waals surface area contributed by atoms with Crippen molar-refractivity contribution in [3.05, 3.63) is 53.6 Å². The predicted octanol–water partition coefficient (Wildman–Crippen LogP) is -1.36. The van der Waals surface area contributed by atoms with Crippen LogP contribution < -0.4 is 91.6 Å². The monoisotopic (exact) mass is 2110 g/mol. The summed E-state index contributed by atoms with van der Waals surface area (Å²) in [7, 11) is 0. The number of aromatic nitrogens is 5. The van der Waals surface area contributed by atoms with E-state index in [1.807, 2.05) is 0 Å². The Morgan fingerprint density at radius 3 is 1.79 bits per heavy atom. The fourth-order valence-corrected chi connectivity index (χ4v) is 18.1. The number of guanidine groups is 2. The Labute approximate surface area is 870 Å². The van der Waals surface area contributed by atoms with Crippen LogP contribution in [0.15, 0.2) is 47.2 Å². The number of carboxylic acid groups (broad SMARTS) is 3. The van der Waals surface area contributed by atoms with Crippen LogP contribution in [0.5, 0.6) is 0 Å². The number of nitrogens with one attached hydrogen (secondary N) is 18. The number of nitrogens with two attached hydrogens (primary N) is 3. The molecule has 52 heteroatoms. The molecular formula is C98H154N28O24. The first-order valence-corrected chi connectivity index (χ1v) is 52.1. The molecular weight excluding hydrogens is 1950 g/mol. The van der Waals surface area contributed by atoms with Crippen LogP contribution in [0.2, 0.25) is 0 Å². The van der Waals surface area contributed by atoms with Crippen LogP contribution in [-0.2, 0) is 113 Å². The van der Waals surface area contributed by atoms with Crippen molar-refractivity contribution in [1.82, 2.24) is 115 Å². The molecule has 2 aromatic heterocycles. The van der Waals surface area contributed by atoms with Crippen molar-refractivity contribution >= 4 is 141 Å². The number of aromatic amines is 2. The molecule has 0 radical (unpaired) electrons. The van der Waals surface area contributed by atoms with Crippen molar-refractivity contribution in [3.63, 3.8) is 0 Å². The molecule has 150 heavy (non-hydrogen) atoms. The van der Waals surface area contributed by atoms with E-state index in [0.717, 1.165) is 49.2 Å². The van der Waals surface area contributed by atoms with Gasteiger partial charge in [0.15, 0.2) is 11.9 Å². The van der Waals surface area contributed by atoms with Gasteiger partial charge in [-0.3, -0.25) is 112 Å². The highest BCUT2D eigenvalue weighted by Crippen LogP contribution is 2.29. The van der Waals surface area contributed by atoms with Crippen LogP contribution in [0.3, 0.4) is 0 Å². The molecule has 0 bridgehead atoms. The van der Waals surface area contributed by atoms with Crippen LogP contribution in [0, 0.1) is 10.8 Å². The molecule has 4 aliphatic heterocycles. The number of carbonyl (C=O) groups is 19. The quantitative estimate of drug-likeness (QED) is 0.0176. The van der Waals surface area contributed by atoms with E-state index in [9.17, 15) is 92.0 Å². The first kappa shape index (κ1) is 123. The maximum Gasteiger partial charge on any atom is 0.317 e. The van der Waals surface area contributed by atoms with Gasteiger partial charge >= 0.3 is 17.9 Å². The Hall–Kier alpha value is -14.2. The summed E-state index contributed by atoms with van der Waals surface area (Å²) >= 11 is 0. The molecule has 830 valence electrons. The minimum absolute atomic E-state index is 0.00690. The molecule has 0 aliphatic carbocycles. The van der Waals surface area contributed by atoms with Crippen molar-refractivity contribution in [2.45, 2.75) is 324 Å². The summed E-state index contributed by atoms with van der Waals surface area (Å²) in [5.41, 5.74) is 18.6. The van der Waals surface area contributed by atoms with Gasteiger partial charge in [-0.15, -0.1) is 5.10 Å². The van der Waals surface area contributed by atoms with Crippen molar-refractivity contribution < 1.29 is 116 Å². The number of rotatable bonds is 64. The summed E-state index contributed by atoms with van der Waals surface area (Å²) in [5.74, 6) is -17.3. The van der Waals surface area contributed by atoms with E-state index in [1.165, 1.54) is 68.1 Å². The number of H-pyrrole nitrogens is 2. The number of aliphatic carboxylic acids is 3. The van der Waals surface area contributed by atoms with Gasteiger partial charge in [-0.05, 0) is 151 Å². The summed E-state index contributed by atoms with van der Waals surface area (Å²) in [5, 5.41) is 96.0. The number of hydrogen-bond donors (Lipinski definition) is 24. The third-order valence-corrected chi connectivity index (χ3v) is 25.9. The van der Waals surface area contributed by atoms with Crippen molar-refractivity contribution in [2.75, 3.05) is 91.9 Å². The third kappa shape index (κ3) is 47.5. The fraction of sp³-hybridized carbons (Fsp3) is 0.663. The summed E-state index contributed by atoms with van der Waals surface area (Å²) < 4.78 is 11.0. The second kappa shape index (κ2) is 68.4. The second-order valence-corrected chi connectivity index (χ2v) is 38.0. The average molecular weight is 2110 g/mol. The molecule has 6 heterocycles. The number of para-hydroxylation sites is 1. The number of amides is 15. The predicted molar refractivity (Wildman–Crippen MR) is 545 cm³/mol. The van der Waals surface area contributed by atoms with Crippen molar-refractivity contribution in [3.8, 4) is 0 Å². The lowest BCUT2D eigenvalue weighted by Gasteiger charge is -2.34. The highest BCUT2D eigenvalue weighted by Gasteiger charge is 2.46. The van der Waals surface area contributed by atoms with E-state index in [-0.39, 0.29) is 213 Å². The largest absolute Gasteiger partial charge is 0.481 e. The fourth-order valence-electron chi connectivity index (χ4n) is 18.1. The molecule has 7 rings (SSSR count). The molecule has 11 atom stereocenters. The number of carboxylic acids is 3. The minimum Gasteiger partial charge on any atom is -0.481 e. The van der Waals surface area contributed by atoms with Gasteiger partial charge < -0.3 is 131 Å². The van der Waals surface area contributed by atoms with Crippen molar-refractivity contribution in [2.24, 2.45) is 22.2 Å². The molecule has 0 spiro atoms. The lowest BCUT2D eigenvalue weighted by molar-refractivity contribution is -0.148. The first-order chi connectivity index (χ1) is 72.0. The van der Waals surface area contributed by atoms with Gasteiger partial charge in [0.1, 0.15) is 84.7 Å². The number of tetrazole rings is 1. The maximum absolute atomic E-state index is 15.6. The number of unbranched alkanes of at least 4 members (excludes halogenated alkanes) is 14. The highest BCUT2D eigenvalue weighted by atomic mass is 16.5. The van der Waals surface area contributed by atoms with Gasteiger partial charge in [0.25, 0.3) is 0 Å². The Balaban J connectivity index is 0.992. The Morgan fingerprint density at radius 1 is 0.547 bits per heavy atom. The first-order valence-electron chi connectivity index (χ1n) is 52.1. The zero-order chi connectivity index (χ0) is 109. The molecule has 4 aliphatic rings. The number of Topliss-reactive ketones (excluding diaryl/α,β-unsaturated/α-hetero) is 1. The van der Waals surface area contributed by atoms with Crippen LogP contribution in [0.25, 0.3) is 10.9 Å². The lowest BCUT2D eigenvalue weighted by Crippen LogP contribution is -2.60. The lowest BCUT2D eigenvalue weighted by atomic mass is 10.00. The van der Waals surface area contributed by atoms with Gasteiger partial charge in [0.2, 0.25) is 88.6 Å². The molecule has 1 aromatic carbocycles. The van der Waals surface area contributed by atoms with Crippen LogP contribution in [0.1, 0.15) is 256 Å². The standard InChI is InChI=1S/C98H154N28O24/c1-62(127)111-69-33-17-15-29-65(128)41-42-73(116-92(144)74(54-63-57-109-67-31-18-16-30-66(63)67)117-89(141)70(35-24-45-107-97(100)101)112-81(130)58-110-87(139)75(118-88(69)140)55-64-28-23-44-104-64)95(147)126-50-27-38-78(126)96(148)125-49-26-37-77(125)94(146)115-72(36-25-46-108-98(102)103)91(143)119-76(56-83(132)133)93(145)114-71(34-20-22-48-124(59-84(134)135)60-85(136)137)90(142)113-68(86(99)138)32-19-21-43-105-82(131)61-150-53-52-149-51-47-106-80(129)40-14-12-10-8-6-4-2-3-5-7-9-11-13-39-79-120-122-123-121-79/h16,18,28,30-31,44,57,68-78,109H,2-15,17,19-27,29,32-43,45-56,58-61H2,1H3,(H2,99,138)(H,105,131)(H,106,129)(H,110,139)(H,111,127)(H,112,130)(H,113,142)(H,114,145)(H,115,146)(H,116,144)(H,117,141)(H,118,140)(H,119,143)(H,132,133)(H,134,135)(H,136,137)(H4,100,101,107)(H4,102,103,108)(H,120,121,122,123)/t68-,69-,70-,71-,72-,73-,74-,75-,76-,77-,78-/m0/s1. The summed E-state index contributed by atoms with van der Waals surface area (Å²) in [4.78, 5) is 274. The molecule has 0 unspecified atom stereocenters. The molecule has 27 N–H and O–H groups in total. The number of benzene rings is 1. The average Bonchev–Trinajstić information content (AvgIpc) is 1.65. The number of nitrogens with zero attached hydrogens (tertiary/aromatic N) is 7. The van der Waals surface area contributed by atoms with E-state index in [2.05, 4.69) is 105 Å². The van der Waals surface area contributed by atoms with E-state index >= 15 is 14.4 Å². The van der Waals surface area contributed by atoms with Crippen molar-refractivity contribution in [1.29, 1.82) is 10.8 Å². The van der Waals surface area contributed by atoms with Gasteiger partial charge in [-0.25, -0.2) is 5.10 Å². The number of fused-ring (bicyclic) bond motifs is 1. The van der Waals surface area contributed by atoms with Crippen LogP contribution in [-0.4, -0.2) is 344 Å². The smallest absolute Gasteiger partial charge is 0.317 e. The topological polar surface area (TPSA) is 790 Å². The summed E-state index contributed by atoms with van der Waals surface area (Å²) in [6.45, 7) is -0.760. The molecule has 0 saturated carbocycles. The Bertz CT molecular complexity index is 5000.